The van der Waals surface area contributed by atoms with E-state index in [1.165, 1.54) is 0 Å². The van der Waals surface area contributed by atoms with Gasteiger partial charge in [0.15, 0.2) is 0 Å². The van der Waals surface area contributed by atoms with Gasteiger partial charge in [0.2, 0.25) is 0 Å². The molecule has 0 saturated heterocycles. The van der Waals surface area contributed by atoms with Gasteiger partial charge in [0, 0.05) is 25.0 Å². The van der Waals surface area contributed by atoms with Gasteiger partial charge in [-0.1, -0.05) is 6.42 Å². The van der Waals surface area contributed by atoms with Crippen molar-refractivity contribution in [3.05, 3.63) is 0 Å². The number of carbonyl (C=O) groups is 1. The second-order valence-electron chi connectivity index (χ2n) is 6.88. The van der Waals surface area contributed by atoms with Crippen LogP contribution >= 0.6 is 0 Å². The van der Waals surface area contributed by atoms with Crippen LogP contribution in [-0.2, 0) is 9.53 Å². The van der Waals surface area contributed by atoms with Crippen molar-refractivity contribution < 1.29 is 18.3 Å². The molecule has 0 aromatic rings. The molecule has 21 heavy (non-hydrogen) atoms. The monoisotopic (exact) mass is 305 g/mol. The molecular formula is C16H29F2NO2. The van der Waals surface area contributed by atoms with E-state index in [2.05, 4.69) is 0 Å². The maximum absolute atomic E-state index is 12.7. The largest absolute Gasteiger partial charge is 0.375 e. The van der Waals surface area contributed by atoms with Gasteiger partial charge in [-0.05, 0) is 51.4 Å². The average Bonchev–Trinajstić information content (AvgIpc) is 2.39. The van der Waals surface area contributed by atoms with Crippen molar-refractivity contribution in [2.45, 2.75) is 70.8 Å². The third-order valence-corrected chi connectivity index (χ3v) is 4.39. The van der Waals surface area contributed by atoms with Gasteiger partial charge in [-0.2, -0.15) is 0 Å². The topological polar surface area (TPSA) is 52.3 Å². The van der Waals surface area contributed by atoms with Crippen LogP contribution in [0.15, 0.2) is 0 Å². The van der Waals surface area contributed by atoms with E-state index in [9.17, 15) is 13.6 Å². The van der Waals surface area contributed by atoms with Crippen LogP contribution in [0, 0.1) is 11.3 Å². The minimum absolute atomic E-state index is 0.175. The minimum Gasteiger partial charge on any atom is -0.375 e. The molecule has 1 aliphatic carbocycles. The van der Waals surface area contributed by atoms with Crippen molar-refractivity contribution in [1.82, 2.24) is 0 Å². The van der Waals surface area contributed by atoms with Crippen LogP contribution in [0.25, 0.3) is 0 Å². The van der Waals surface area contributed by atoms with E-state index < -0.39 is 12.5 Å². The Morgan fingerprint density at radius 3 is 2.52 bits per heavy atom. The van der Waals surface area contributed by atoms with Crippen LogP contribution in [0.4, 0.5) is 8.78 Å². The van der Waals surface area contributed by atoms with Crippen molar-refractivity contribution in [1.29, 1.82) is 0 Å². The summed E-state index contributed by atoms with van der Waals surface area (Å²) in [5.74, 6) is -2.46. The molecule has 1 unspecified atom stereocenters. The van der Waals surface area contributed by atoms with Crippen LogP contribution < -0.4 is 5.73 Å². The van der Waals surface area contributed by atoms with Crippen molar-refractivity contribution in [3.8, 4) is 0 Å². The second kappa shape index (κ2) is 8.18. The number of hydrogen-bond donors (Lipinski definition) is 1. The predicted molar refractivity (Wildman–Crippen MR) is 79.4 cm³/mol. The third-order valence-electron chi connectivity index (χ3n) is 4.39. The lowest BCUT2D eigenvalue weighted by Gasteiger charge is -2.36. The summed E-state index contributed by atoms with van der Waals surface area (Å²) in [6.07, 6.45) is 7.34. The molecule has 1 rings (SSSR count). The normalized spacial score (nSPS) is 28.3. The lowest BCUT2D eigenvalue weighted by molar-refractivity contribution is -0.119. The van der Waals surface area contributed by atoms with Gasteiger partial charge in [-0.25, -0.2) is 8.78 Å². The van der Waals surface area contributed by atoms with Crippen molar-refractivity contribution in [3.63, 3.8) is 0 Å². The van der Waals surface area contributed by atoms with E-state index >= 15 is 0 Å². The third kappa shape index (κ3) is 7.32. The fourth-order valence-electron chi connectivity index (χ4n) is 3.03. The second-order valence-corrected chi connectivity index (χ2v) is 6.88. The maximum Gasteiger partial charge on any atom is 0.268 e. The molecule has 0 aromatic carbocycles. The Hall–Kier alpha value is -0.550. The highest BCUT2D eigenvalue weighted by molar-refractivity contribution is 5.59. The number of hydrogen-bond acceptors (Lipinski definition) is 3. The summed E-state index contributed by atoms with van der Waals surface area (Å²) in [5.41, 5.74) is 5.52. The number of rotatable bonds is 9. The molecule has 0 heterocycles. The lowest BCUT2D eigenvalue weighted by Crippen LogP contribution is -2.31. The molecular weight excluding hydrogens is 276 g/mol. The smallest absolute Gasteiger partial charge is 0.268 e. The number of halogens is 2. The number of carbonyl (C=O) groups excluding carboxylic acids is 1. The van der Waals surface area contributed by atoms with Crippen LogP contribution in [-0.4, -0.2) is 31.5 Å². The summed E-state index contributed by atoms with van der Waals surface area (Å²) in [6, 6.07) is 0.175. The van der Waals surface area contributed by atoms with Crippen LogP contribution in [0.3, 0.4) is 0 Å². The molecule has 1 atom stereocenters. The zero-order valence-corrected chi connectivity index (χ0v) is 13.2. The average molecular weight is 305 g/mol. The molecule has 0 radical (unpaired) electrons. The molecule has 1 saturated carbocycles. The Morgan fingerprint density at radius 2 is 2.05 bits per heavy atom. The van der Waals surface area contributed by atoms with Crippen LogP contribution in [0.5, 0.6) is 0 Å². The molecule has 1 fully saturated rings. The molecule has 124 valence electrons. The molecule has 0 spiro atoms. The van der Waals surface area contributed by atoms with Gasteiger partial charge >= 0.3 is 0 Å². The molecule has 1 aliphatic rings. The van der Waals surface area contributed by atoms with E-state index in [1.807, 2.05) is 6.92 Å². The molecule has 5 heteroatoms. The SMILES string of the molecule is CC(N)CCCC1(C=O)CCC(COCC(C)(F)F)CC1. The Bertz CT molecular complexity index is 308. The summed E-state index contributed by atoms with van der Waals surface area (Å²) in [7, 11) is 0. The summed E-state index contributed by atoms with van der Waals surface area (Å²) in [6.45, 7) is 2.70. The van der Waals surface area contributed by atoms with Gasteiger partial charge in [0.25, 0.3) is 5.92 Å². The van der Waals surface area contributed by atoms with E-state index in [0.29, 0.717) is 12.5 Å². The summed E-state index contributed by atoms with van der Waals surface area (Å²) < 4.78 is 30.5. The maximum atomic E-state index is 12.7. The molecule has 0 bridgehead atoms. The molecule has 3 nitrogen and oxygen atoms in total. The highest BCUT2D eigenvalue weighted by Gasteiger charge is 2.35. The van der Waals surface area contributed by atoms with Crippen molar-refractivity contribution in [2.24, 2.45) is 17.1 Å². The quantitative estimate of drug-likeness (QED) is 0.663. The van der Waals surface area contributed by atoms with Crippen molar-refractivity contribution in [2.75, 3.05) is 13.2 Å². The highest BCUT2D eigenvalue weighted by Crippen LogP contribution is 2.41. The Morgan fingerprint density at radius 1 is 1.43 bits per heavy atom. The van der Waals surface area contributed by atoms with Gasteiger partial charge in [-0.15, -0.1) is 0 Å². The predicted octanol–water partition coefficient (Wildman–Crippen LogP) is 3.55. The van der Waals surface area contributed by atoms with Crippen LogP contribution in [0.2, 0.25) is 0 Å². The van der Waals surface area contributed by atoms with Gasteiger partial charge in [-0.3, -0.25) is 0 Å². The number of aldehydes is 1. The summed E-state index contributed by atoms with van der Waals surface area (Å²) in [5, 5.41) is 0. The van der Waals surface area contributed by atoms with Crippen LogP contribution in [0.1, 0.15) is 58.8 Å². The summed E-state index contributed by atoms with van der Waals surface area (Å²) >= 11 is 0. The fourth-order valence-corrected chi connectivity index (χ4v) is 3.03. The zero-order chi connectivity index (χ0) is 15.9. The van der Waals surface area contributed by atoms with E-state index in [4.69, 9.17) is 10.5 Å². The van der Waals surface area contributed by atoms with Gasteiger partial charge < -0.3 is 15.3 Å². The van der Waals surface area contributed by atoms with E-state index in [0.717, 1.165) is 58.2 Å². The van der Waals surface area contributed by atoms with E-state index in [-0.39, 0.29) is 11.5 Å². The first-order valence-electron chi connectivity index (χ1n) is 7.94. The number of alkyl halides is 2. The van der Waals surface area contributed by atoms with Crippen molar-refractivity contribution >= 4 is 6.29 Å². The standard InChI is InChI=1S/C16H29F2NO2/c1-13(19)4-3-7-16(11-20)8-5-14(6-9-16)10-21-12-15(2,17)18/h11,13-14H,3-10,12,19H2,1-2H3. The molecule has 2 N–H and O–H groups in total. The zero-order valence-electron chi connectivity index (χ0n) is 13.2. The Labute approximate surface area is 126 Å². The first-order valence-corrected chi connectivity index (χ1v) is 7.94. The fraction of sp³-hybridized carbons (Fsp3) is 0.938. The minimum atomic E-state index is -2.76. The number of ether oxygens (including phenoxy) is 1. The number of nitrogens with two attached hydrogens (primary N) is 1. The first-order chi connectivity index (χ1) is 9.76. The first kappa shape index (κ1) is 18.5. The molecule has 0 aromatic heterocycles. The molecule has 0 aliphatic heterocycles. The molecule has 0 amide bonds. The highest BCUT2D eigenvalue weighted by atomic mass is 19.3. The van der Waals surface area contributed by atoms with Gasteiger partial charge in [0.05, 0.1) is 0 Å². The van der Waals surface area contributed by atoms with Gasteiger partial charge in [0.1, 0.15) is 12.9 Å². The Balaban J connectivity index is 2.29. The Kier molecular flexibility index (Phi) is 7.21. The summed E-state index contributed by atoms with van der Waals surface area (Å²) in [4.78, 5) is 11.4. The lowest BCUT2D eigenvalue weighted by atomic mass is 9.69. The van der Waals surface area contributed by atoms with E-state index in [1.54, 1.807) is 0 Å².